The molecule has 118 valence electrons. The Morgan fingerprint density at radius 1 is 1.38 bits per heavy atom. The van der Waals surface area contributed by atoms with Crippen LogP contribution in [0.4, 0.5) is 0 Å². The van der Waals surface area contributed by atoms with E-state index in [0.29, 0.717) is 13.0 Å². The molecule has 3 N–H and O–H groups in total. The van der Waals surface area contributed by atoms with Crippen molar-refractivity contribution in [2.24, 2.45) is 0 Å². The number of carboxylic acid groups (broad SMARTS) is 1. The number of carboxylic acids is 1. The molecule has 0 aliphatic heterocycles. The van der Waals surface area contributed by atoms with Gasteiger partial charge in [-0.25, -0.2) is 17.9 Å². The fourth-order valence-electron chi connectivity index (χ4n) is 1.56. The second-order valence-electron chi connectivity index (χ2n) is 4.18. The highest BCUT2D eigenvalue weighted by atomic mass is 79.9. The van der Waals surface area contributed by atoms with Crippen LogP contribution >= 0.6 is 27.5 Å². The predicted octanol–water partition coefficient (Wildman–Crippen LogP) is 2.08. The second-order valence-corrected chi connectivity index (χ2v) is 7.18. The summed E-state index contributed by atoms with van der Waals surface area (Å²) in [5.74, 6) is -1.29. The first kappa shape index (κ1) is 18.4. The molecule has 0 aliphatic carbocycles. The van der Waals surface area contributed by atoms with Gasteiger partial charge in [-0.2, -0.15) is 0 Å². The summed E-state index contributed by atoms with van der Waals surface area (Å²) in [7, 11) is -3.77. The molecule has 21 heavy (non-hydrogen) atoms. The number of nitrogens with one attached hydrogen (secondary N) is 2. The molecule has 0 aromatic heterocycles. The maximum atomic E-state index is 12.1. The van der Waals surface area contributed by atoms with Crippen molar-refractivity contribution in [2.75, 3.05) is 19.6 Å². The lowest BCUT2D eigenvalue weighted by molar-refractivity contribution is 0.0696. The molecule has 0 atom stereocenters. The van der Waals surface area contributed by atoms with E-state index in [2.05, 4.69) is 26.0 Å². The normalized spacial score (nSPS) is 11.6. The van der Waals surface area contributed by atoms with Crippen LogP contribution in [0.2, 0.25) is 5.02 Å². The van der Waals surface area contributed by atoms with Crippen LogP contribution in [0.25, 0.3) is 0 Å². The van der Waals surface area contributed by atoms with E-state index in [9.17, 15) is 13.2 Å². The van der Waals surface area contributed by atoms with Gasteiger partial charge in [-0.05, 0) is 47.6 Å². The largest absolute Gasteiger partial charge is 0.478 e. The number of sulfonamides is 1. The van der Waals surface area contributed by atoms with Gasteiger partial charge in [-0.15, -0.1) is 0 Å². The van der Waals surface area contributed by atoms with Crippen LogP contribution in [0.3, 0.4) is 0 Å². The number of halogens is 2. The van der Waals surface area contributed by atoms with Gasteiger partial charge in [0.15, 0.2) is 0 Å². The van der Waals surface area contributed by atoms with Crippen molar-refractivity contribution < 1.29 is 18.3 Å². The Hall–Kier alpha value is -0.670. The summed E-state index contributed by atoms with van der Waals surface area (Å²) in [5, 5.41) is 12.1. The van der Waals surface area contributed by atoms with Gasteiger partial charge in [-0.3, -0.25) is 0 Å². The summed E-state index contributed by atoms with van der Waals surface area (Å²) in [6.07, 6.45) is 0.633. The molecule has 0 radical (unpaired) electrons. The van der Waals surface area contributed by atoms with Gasteiger partial charge in [0.25, 0.3) is 0 Å². The summed E-state index contributed by atoms with van der Waals surface area (Å²) in [6.45, 7) is 3.74. The summed E-state index contributed by atoms with van der Waals surface area (Å²) in [4.78, 5) is 10.9. The minimum atomic E-state index is -3.77. The monoisotopic (exact) mass is 398 g/mol. The zero-order valence-electron chi connectivity index (χ0n) is 11.3. The van der Waals surface area contributed by atoms with Crippen LogP contribution in [-0.4, -0.2) is 39.1 Å². The van der Waals surface area contributed by atoms with Gasteiger partial charge >= 0.3 is 5.97 Å². The Balaban J connectivity index is 2.91. The first-order chi connectivity index (χ1) is 9.79. The average molecular weight is 400 g/mol. The summed E-state index contributed by atoms with van der Waals surface area (Å²) >= 11 is 8.88. The van der Waals surface area contributed by atoms with E-state index in [0.717, 1.165) is 12.6 Å². The van der Waals surface area contributed by atoms with Crippen molar-refractivity contribution >= 4 is 43.5 Å². The minimum absolute atomic E-state index is 0.0337. The molecule has 6 nitrogen and oxygen atoms in total. The summed E-state index contributed by atoms with van der Waals surface area (Å²) in [6, 6.07) is 2.32. The third kappa shape index (κ3) is 5.23. The fourth-order valence-corrected chi connectivity index (χ4v) is 3.48. The Labute approximate surface area is 137 Å². The standard InChI is InChI=1S/C12H16BrClN2O4S/c1-2-15-4-3-5-16-21(19,20)8-6-9(12(17)18)11(14)10(13)7-8/h6-7,15-16H,2-5H2,1H3,(H,17,18). The van der Waals surface area contributed by atoms with E-state index in [1.807, 2.05) is 6.92 Å². The number of benzene rings is 1. The number of rotatable bonds is 8. The van der Waals surface area contributed by atoms with Crippen LogP contribution in [-0.2, 0) is 10.0 Å². The number of hydrogen-bond donors (Lipinski definition) is 3. The van der Waals surface area contributed by atoms with Crippen LogP contribution in [0.15, 0.2) is 21.5 Å². The number of aromatic carboxylic acids is 1. The quantitative estimate of drug-likeness (QED) is 0.582. The molecule has 1 aromatic rings. The molecule has 0 saturated heterocycles. The zero-order valence-corrected chi connectivity index (χ0v) is 14.5. The van der Waals surface area contributed by atoms with Crippen LogP contribution in [0.5, 0.6) is 0 Å². The highest BCUT2D eigenvalue weighted by Crippen LogP contribution is 2.29. The lowest BCUT2D eigenvalue weighted by Crippen LogP contribution is -2.27. The lowest BCUT2D eigenvalue weighted by atomic mass is 10.2. The Morgan fingerprint density at radius 3 is 2.62 bits per heavy atom. The molecule has 0 heterocycles. The van der Waals surface area contributed by atoms with Gasteiger partial charge in [0, 0.05) is 11.0 Å². The summed E-state index contributed by atoms with van der Waals surface area (Å²) < 4.78 is 26.9. The Bertz CT molecular complexity index is 622. The van der Waals surface area contributed by atoms with Crippen LogP contribution in [0.1, 0.15) is 23.7 Å². The van der Waals surface area contributed by atoms with E-state index in [1.54, 1.807) is 0 Å². The summed E-state index contributed by atoms with van der Waals surface area (Å²) in [5.41, 5.74) is -0.265. The van der Waals surface area contributed by atoms with E-state index >= 15 is 0 Å². The van der Waals surface area contributed by atoms with Crippen molar-refractivity contribution in [1.29, 1.82) is 0 Å². The molecular weight excluding hydrogens is 384 g/mol. The lowest BCUT2D eigenvalue weighted by Gasteiger charge is -2.10. The van der Waals surface area contributed by atoms with Gasteiger partial charge in [-0.1, -0.05) is 18.5 Å². The average Bonchev–Trinajstić information content (AvgIpc) is 2.40. The fraction of sp³-hybridized carbons (Fsp3) is 0.417. The smallest absolute Gasteiger partial charge is 0.337 e. The molecule has 0 spiro atoms. The second kappa shape index (κ2) is 8.09. The molecule has 9 heteroatoms. The minimum Gasteiger partial charge on any atom is -0.478 e. The van der Waals surface area contributed by atoms with Gasteiger partial charge in [0.2, 0.25) is 10.0 Å². The number of carbonyl (C=O) groups is 1. The molecule has 0 amide bonds. The highest BCUT2D eigenvalue weighted by molar-refractivity contribution is 9.10. The van der Waals surface area contributed by atoms with E-state index < -0.39 is 16.0 Å². The van der Waals surface area contributed by atoms with Crippen molar-refractivity contribution in [2.45, 2.75) is 18.2 Å². The predicted molar refractivity (Wildman–Crippen MR) is 84.5 cm³/mol. The van der Waals surface area contributed by atoms with E-state index in [-0.39, 0.29) is 26.5 Å². The first-order valence-electron chi connectivity index (χ1n) is 6.22. The van der Waals surface area contributed by atoms with Crippen LogP contribution < -0.4 is 10.0 Å². The van der Waals surface area contributed by atoms with Crippen molar-refractivity contribution in [1.82, 2.24) is 10.0 Å². The third-order valence-electron chi connectivity index (χ3n) is 2.61. The molecule has 1 rings (SSSR count). The molecule has 0 aliphatic rings. The van der Waals surface area contributed by atoms with E-state index in [1.165, 1.54) is 6.07 Å². The van der Waals surface area contributed by atoms with Crippen LogP contribution in [0, 0.1) is 0 Å². The molecule has 0 fully saturated rings. The van der Waals surface area contributed by atoms with Gasteiger partial charge in [0.05, 0.1) is 15.5 Å². The highest BCUT2D eigenvalue weighted by Gasteiger charge is 2.20. The van der Waals surface area contributed by atoms with Gasteiger partial charge in [0.1, 0.15) is 0 Å². The third-order valence-corrected chi connectivity index (χ3v) is 5.32. The maximum Gasteiger partial charge on any atom is 0.337 e. The first-order valence-corrected chi connectivity index (χ1v) is 8.87. The molecule has 1 aromatic carbocycles. The topological polar surface area (TPSA) is 95.5 Å². The van der Waals surface area contributed by atoms with Gasteiger partial charge < -0.3 is 10.4 Å². The Kier molecular flexibility index (Phi) is 7.08. The zero-order chi connectivity index (χ0) is 16.0. The SMILES string of the molecule is CCNCCCNS(=O)(=O)c1cc(Br)c(Cl)c(C(=O)O)c1. The Morgan fingerprint density at radius 2 is 2.05 bits per heavy atom. The molecule has 0 saturated carbocycles. The molecule has 0 bridgehead atoms. The maximum absolute atomic E-state index is 12.1. The van der Waals surface area contributed by atoms with E-state index in [4.69, 9.17) is 16.7 Å². The number of hydrogen-bond acceptors (Lipinski definition) is 4. The van der Waals surface area contributed by atoms with Crippen molar-refractivity contribution in [3.63, 3.8) is 0 Å². The molecule has 0 unspecified atom stereocenters. The van der Waals surface area contributed by atoms with Crippen molar-refractivity contribution in [3.05, 3.63) is 27.2 Å². The van der Waals surface area contributed by atoms with Crippen molar-refractivity contribution in [3.8, 4) is 0 Å². The molecular formula is C12H16BrClN2O4S.